The summed E-state index contributed by atoms with van der Waals surface area (Å²) in [6, 6.07) is 5.78. The van der Waals surface area contributed by atoms with E-state index in [4.69, 9.17) is 9.47 Å². The average Bonchev–Trinajstić information content (AvgIpc) is 2.93. The van der Waals surface area contributed by atoms with E-state index in [0.29, 0.717) is 37.1 Å². The van der Waals surface area contributed by atoms with Crippen LogP contribution >= 0.6 is 0 Å². The molecule has 2 aromatic rings. The molecule has 2 aliphatic heterocycles. The van der Waals surface area contributed by atoms with Crippen LogP contribution in [0.4, 0.5) is 0 Å². The summed E-state index contributed by atoms with van der Waals surface area (Å²) >= 11 is 0. The Hall–Kier alpha value is -2.50. The van der Waals surface area contributed by atoms with E-state index in [1.807, 2.05) is 42.4 Å². The number of carbonyl (C=O) groups is 1. The molecule has 6 heteroatoms. The van der Waals surface area contributed by atoms with Crippen molar-refractivity contribution in [2.24, 2.45) is 0 Å². The minimum atomic E-state index is 0.0538. The third-order valence-electron chi connectivity index (χ3n) is 4.93. The lowest BCUT2D eigenvalue weighted by Crippen LogP contribution is -2.40. The van der Waals surface area contributed by atoms with Crippen LogP contribution in [0.5, 0.6) is 11.5 Å². The van der Waals surface area contributed by atoms with Crippen LogP contribution in [0.2, 0.25) is 0 Å². The first-order valence-corrected chi connectivity index (χ1v) is 8.91. The summed E-state index contributed by atoms with van der Waals surface area (Å²) in [6.45, 7) is 4.78. The molecule has 0 N–H and O–H groups in total. The van der Waals surface area contributed by atoms with Crippen molar-refractivity contribution < 1.29 is 14.3 Å². The zero-order valence-corrected chi connectivity index (χ0v) is 14.5. The Kier molecular flexibility index (Phi) is 4.34. The Morgan fingerprint density at radius 1 is 1.20 bits per heavy atom. The highest BCUT2D eigenvalue weighted by Crippen LogP contribution is 2.31. The molecule has 0 saturated carbocycles. The number of piperidine rings is 1. The Labute approximate surface area is 147 Å². The normalized spacial score (nSPS) is 20.2. The number of fused-ring (bicyclic) bond motifs is 1. The molecule has 1 atom stereocenters. The molecule has 0 aliphatic carbocycles. The van der Waals surface area contributed by atoms with Crippen LogP contribution < -0.4 is 9.47 Å². The van der Waals surface area contributed by atoms with E-state index in [1.54, 1.807) is 0 Å². The minimum Gasteiger partial charge on any atom is -0.490 e. The molecule has 0 bridgehead atoms. The maximum absolute atomic E-state index is 13.0. The number of hydrogen-bond donors (Lipinski definition) is 0. The van der Waals surface area contributed by atoms with Crippen LogP contribution in [-0.4, -0.2) is 46.7 Å². The molecular weight excluding hydrogens is 318 g/mol. The van der Waals surface area contributed by atoms with Gasteiger partial charge in [0, 0.05) is 37.5 Å². The topological polar surface area (TPSA) is 56.6 Å². The van der Waals surface area contributed by atoms with Gasteiger partial charge in [0.2, 0.25) is 0 Å². The molecule has 2 aliphatic rings. The Bertz CT molecular complexity index is 771. The Morgan fingerprint density at radius 3 is 2.84 bits per heavy atom. The van der Waals surface area contributed by atoms with Crippen LogP contribution in [0.15, 0.2) is 30.6 Å². The van der Waals surface area contributed by atoms with Crippen molar-refractivity contribution in [1.82, 2.24) is 14.5 Å². The number of carbonyl (C=O) groups excluding carboxylic acids is 1. The molecule has 0 unspecified atom stereocenters. The van der Waals surface area contributed by atoms with Crippen LogP contribution in [0.3, 0.4) is 0 Å². The van der Waals surface area contributed by atoms with Crippen LogP contribution in [0, 0.1) is 6.92 Å². The molecular formula is C19H23N3O3. The SMILES string of the molecule is Cc1nccn1[C@H]1CCCN(C(=O)c2ccc3c(c2)OCCCO3)C1. The first kappa shape index (κ1) is 16.0. The predicted octanol–water partition coefficient (Wildman–Crippen LogP) is 2.83. The fourth-order valence-electron chi connectivity index (χ4n) is 3.62. The summed E-state index contributed by atoms with van der Waals surface area (Å²) in [5.41, 5.74) is 0.659. The number of hydrogen-bond acceptors (Lipinski definition) is 4. The summed E-state index contributed by atoms with van der Waals surface area (Å²) < 4.78 is 13.5. The van der Waals surface area contributed by atoms with E-state index in [9.17, 15) is 4.79 Å². The quantitative estimate of drug-likeness (QED) is 0.843. The third kappa shape index (κ3) is 3.21. The number of imidazole rings is 1. The van der Waals surface area contributed by atoms with Crippen LogP contribution in [0.1, 0.15) is 41.5 Å². The van der Waals surface area contributed by atoms with E-state index in [-0.39, 0.29) is 5.91 Å². The highest BCUT2D eigenvalue weighted by molar-refractivity contribution is 5.95. The second-order valence-corrected chi connectivity index (χ2v) is 6.64. The Morgan fingerprint density at radius 2 is 2.04 bits per heavy atom. The van der Waals surface area contributed by atoms with E-state index in [0.717, 1.165) is 37.4 Å². The first-order valence-electron chi connectivity index (χ1n) is 8.91. The van der Waals surface area contributed by atoms with Gasteiger partial charge < -0.3 is 18.9 Å². The average molecular weight is 341 g/mol. The second-order valence-electron chi connectivity index (χ2n) is 6.64. The molecule has 1 fully saturated rings. The number of nitrogens with zero attached hydrogens (tertiary/aromatic N) is 3. The van der Waals surface area contributed by atoms with Gasteiger partial charge in [0.15, 0.2) is 11.5 Å². The lowest BCUT2D eigenvalue weighted by Gasteiger charge is -2.34. The summed E-state index contributed by atoms with van der Waals surface area (Å²) in [5, 5.41) is 0. The number of likely N-dealkylation sites (tertiary alicyclic amines) is 1. The minimum absolute atomic E-state index is 0.0538. The largest absolute Gasteiger partial charge is 0.490 e. The van der Waals surface area contributed by atoms with Gasteiger partial charge in [0.05, 0.1) is 19.3 Å². The molecule has 1 aromatic carbocycles. The second kappa shape index (κ2) is 6.78. The zero-order chi connectivity index (χ0) is 17.2. The van der Waals surface area contributed by atoms with Gasteiger partial charge in [-0.15, -0.1) is 0 Å². The summed E-state index contributed by atoms with van der Waals surface area (Å²) in [7, 11) is 0. The Balaban J connectivity index is 1.52. The number of aromatic nitrogens is 2. The van der Waals surface area contributed by atoms with Gasteiger partial charge in [0.25, 0.3) is 5.91 Å². The molecule has 6 nitrogen and oxygen atoms in total. The van der Waals surface area contributed by atoms with Crippen molar-refractivity contribution in [3.05, 3.63) is 42.0 Å². The number of amides is 1. The van der Waals surface area contributed by atoms with Crippen molar-refractivity contribution in [2.75, 3.05) is 26.3 Å². The number of ether oxygens (including phenoxy) is 2. The monoisotopic (exact) mass is 341 g/mol. The van der Waals surface area contributed by atoms with Crippen molar-refractivity contribution in [2.45, 2.75) is 32.2 Å². The number of aryl methyl sites for hydroxylation is 1. The summed E-state index contributed by atoms with van der Waals surface area (Å²) in [5.74, 6) is 2.44. The first-order chi connectivity index (χ1) is 12.2. The summed E-state index contributed by atoms with van der Waals surface area (Å²) in [6.07, 6.45) is 6.75. The van der Waals surface area contributed by atoms with Crippen molar-refractivity contribution in [3.63, 3.8) is 0 Å². The molecule has 1 amide bonds. The molecule has 1 saturated heterocycles. The van der Waals surface area contributed by atoms with Gasteiger partial charge in [-0.3, -0.25) is 4.79 Å². The van der Waals surface area contributed by atoms with Gasteiger partial charge in [-0.2, -0.15) is 0 Å². The molecule has 132 valence electrons. The van der Waals surface area contributed by atoms with E-state index in [1.165, 1.54) is 0 Å². The molecule has 3 heterocycles. The van der Waals surface area contributed by atoms with Gasteiger partial charge in [-0.1, -0.05) is 0 Å². The van der Waals surface area contributed by atoms with Gasteiger partial charge in [-0.25, -0.2) is 4.98 Å². The van der Waals surface area contributed by atoms with E-state index >= 15 is 0 Å². The smallest absolute Gasteiger partial charge is 0.254 e. The number of rotatable bonds is 2. The molecule has 25 heavy (non-hydrogen) atoms. The lowest BCUT2D eigenvalue weighted by molar-refractivity contribution is 0.0678. The molecule has 1 aromatic heterocycles. The van der Waals surface area contributed by atoms with Crippen molar-refractivity contribution in [3.8, 4) is 11.5 Å². The van der Waals surface area contributed by atoms with Crippen molar-refractivity contribution >= 4 is 5.91 Å². The standard InChI is InChI=1S/C19H23N3O3/c1-14-20-7-9-22(14)16-4-2-8-21(13-16)19(23)15-5-6-17-18(12-15)25-11-3-10-24-17/h5-7,9,12,16H,2-4,8,10-11,13H2,1H3/t16-/m0/s1. The lowest BCUT2D eigenvalue weighted by atomic mass is 10.0. The van der Waals surface area contributed by atoms with Crippen molar-refractivity contribution in [1.29, 1.82) is 0 Å². The van der Waals surface area contributed by atoms with Gasteiger partial charge in [0.1, 0.15) is 5.82 Å². The molecule has 0 radical (unpaired) electrons. The highest BCUT2D eigenvalue weighted by Gasteiger charge is 2.26. The summed E-state index contributed by atoms with van der Waals surface area (Å²) in [4.78, 5) is 19.2. The maximum atomic E-state index is 13.0. The third-order valence-corrected chi connectivity index (χ3v) is 4.93. The van der Waals surface area contributed by atoms with Crippen LogP contribution in [0.25, 0.3) is 0 Å². The van der Waals surface area contributed by atoms with Crippen LogP contribution in [-0.2, 0) is 0 Å². The molecule has 0 spiro atoms. The van der Waals surface area contributed by atoms with Gasteiger partial charge >= 0.3 is 0 Å². The fourth-order valence-corrected chi connectivity index (χ4v) is 3.62. The zero-order valence-electron chi connectivity index (χ0n) is 14.5. The fraction of sp³-hybridized carbons (Fsp3) is 0.474. The number of benzene rings is 1. The predicted molar refractivity (Wildman–Crippen MR) is 93.2 cm³/mol. The van der Waals surface area contributed by atoms with E-state index < -0.39 is 0 Å². The van der Waals surface area contributed by atoms with Gasteiger partial charge in [-0.05, 0) is 38.0 Å². The molecule has 4 rings (SSSR count). The maximum Gasteiger partial charge on any atom is 0.254 e. The van der Waals surface area contributed by atoms with E-state index in [2.05, 4.69) is 9.55 Å². The highest BCUT2D eigenvalue weighted by atomic mass is 16.5.